The average molecular weight is 245 g/mol. The highest BCUT2D eigenvalue weighted by Crippen LogP contribution is 2.34. The Balaban J connectivity index is 2.70. The van der Waals surface area contributed by atoms with Crippen LogP contribution in [0.4, 0.5) is 0 Å². The molecule has 64 valence electrons. The van der Waals surface area contributed by atoms with Crippen LogP contribution in [-0.2, 0) is 6.42 Å². The quantitative estimate of drug-likeness (QED) is 0.743. The lowest BCUT2D eigenvalue weighted by atomic mass is 10.3. The molecule has 1 nitrogen and oxygen atoms in total. The van der Waals surface area contributed by atoms with E-state index in [4.69, 9.17) is 11.2 Å². The van der Waals surface area contributed by atoms with Crippen LogP contribution in [0.5, 0.6) is 5.06 Å². The SMILES string of the molecule is C#CCCc1cc(Br)c(OC)s1. The molecular formula is C9H9BrOS. The Labute approximate surface area is 84.9 Å². The van der Waals surface area contributed by atoms with Crippen molar-refractivity contribution in [1.29, 1.82) is 0 Å². The Hall–Kier alpha value is -0.460. The van der Waals surface area contributed by atoms with E-state index in [-0.39, 0.29) is 0 Å². The number of hydrogen-bond donors (Lipinski definition) is 0. The molecule has 0 fully saturated rings. The molecule has 0 atom stereocenters. The highest BCUT2D eigenvalue weighted by atomic mass is 79.9. The summed E-state index contributed by atoms with van der Waals surface area (Å²) >= 11 is 5.04. The highest BCUT2D eigenvalue weighted by Gasteiger charge is 2.05. The zero-order chi connectivity index (χ0) is 8.97. The van der Waals surface area contributed by atoms with Gasteiger partial charge in [0.15, 0.2) is 5.06 Å². The fourth-order valence-corrected chi connectivity index (χ4v) is 2.55. The van der Waals surface area contributed by atoms with Crippen LogP contribution in [-0.4, -0.2) is 7.11 Å². The molecule has 0 N–H and O–H groups in total. The van der Waals surface area contributed by atoms with Gasteiger partial charge in [0, 0.05) is 11.3 Å². The first-order valence-electron chi connectivity index (χ1n) is 3.53. The van der Waals surface area contributed by atoms with Crippen molar-refractivity contribution in [2.45, 2.75) is 12.8 Å². The van der Waals surface area contributed by atoms with E-state index in [1.165, 1.54) is 4.88 Å². The fourth-order valence-electron chi connectivity index (χ4n) is 0.855. The summed E-state index contributed by atoms with van der Waals surface area (Å²) in [5.41, 5.74) is 0. The number of thiophene rings is 1. The summed E-state index contributed by atoms with van der Waals surface area (Å²) in [6.07, 6.45) is 6.89. The first-order chi connectivity index (χ1) is 5.77. The molecule has 3 heteroatoms. The maximum Gasteiger partial charge on any atom is 0.188 e. The van der Waals surface area contributed by atoms with E-state index in [1.54, 1.807) is 18.4 Å². The summed E-state index contributed by atoms with van der Waals surface area (Å²) in [5.74, 6) is 2.61. The van der Waals surface area contributed by atoms with E-state index < -0.39 is 0 Å². The van der Waals surface area contributed by atoms with Crippen molar-refractivity contribution in [3.05, 3.63) is 15.4 Å². The lowest BCUT2D eigenvalue weighted by Crippen LogP contribution is -1.76. The molecule has 12 heavy (non-hydrogen) atoms. The predicted octanol–water partition coefficient (Wildman–Crippen LogP) is 3.09. The van der Waals surface area contributed by atoms with Gasteiger partial charge in [-0.3, -0.25) is 0 Å². The van der Waals surface area contributed by atoms with Gasteiger partial charge in [-0.2, -0.15) is 0 Å². The van der Waals surface area contributed by atoms with Crippen LogP contribution in [0.3, 0.4) is 0 Å². The minimum atomic E-state index is 0.788. The van der Waals surface area contributed by atoms with Crippen LogP contribution in [0.25, 0.3) is 0 Å². The number of aryl methyl sites for hydroxylation is 1. The Morgan fingerprint density at radius 3 is 3.00 bits per heavy atom. The topological polar surface area (TPSA) is 9.23 Å². The van der Waals surface area contributed by atoms with Gasteiger partial charge in [-0.1, -0.05) is 0 Å². The molecule has 0 aliphatic rings. The van der Waals surface area contributed by atoms with Crippen molar-refractivity contribution in [2.75, 3.05) is 7.11 Å². The fraction of sp³-hybridized carbons (Fsp3) is 0.333. The Morgan fingerprint density at radius 2 is 2.50 bits per heavy atom. The second-order valence-corrected chi connectivity index (χ2v) is 4.21. The van der Waals surface area contributed by atoms with Gasteiger partial charge < -0.3 is 4.74 Å². The molecule has 1 aromatic heterocycles. The van der Waals surface area contributed by atoms with Crippen LogP contribution < -0.4 is 4.74 Å². The smallest absolute Gasteiger partial charge is 0.188 e. The van der Waals surface area contributed by atoms with Crippen molar-refractivity contribution < 1.29 is 4.74 Å². The molecule has 0 amide bonds. The van der Waals surface area contributed by atoms with Crippen molar-refractivity contribution in [2.24, 2.45) is 0 Å². The van der Waals surface area contributed by atoms with E-state index in [0.717, 1.165) is 22.4 Å². The number of rotatable bonds is 3. The van der Waals surface area contributed by atoms with Crippen molar-refractivity contribution in [3.63, 3.8) is 0 Å². The molecule has 0 aromatic carbocycles. The van der Waals surface area contributed by atoms with E-state index in [9.17, 15) is 0 Å². The summed E-state index contributed by atoms with van der Waals surface area (Å²) in [6.45, 7) is 0. The third-order valence-electron chi connectivity index (χ3n) is 1.41. The van der Waals surface area contributed by atoms with Gasteiger partial charge >= 0.3 is 0 Å². The van der Waals surface area contributed by atoms with E-state index in [2.05, 4.69) is 27.9 Å². The molecule has 1 rings (SSSR count). The van der Waals surface area contributed by atoms with Crippen LogP contribution in [0.1, 0.15) is 11.3 Å². The second-order valence-electron chi connectivity index (χ2n) is 2.26. The summed E-state index contributed by atoms with van der Waals surface area (Å²) in [7, 11) is 1.67. The van der Waals surface area contributed by atoms with E-state index in [0.29, 0.717) is 0 Å². The van der Waals surface area contributed by atoms with Crippen LogP contribution >= 0.6 is 27.3 Å². The number of hydrogen-bond acceptors (Lipinski definition) is 2. The second kappa shape index (κ2) is 4.54. The highest BCUT2D eigenvalue weighted by molar-refractivity contribution is 9.10. The minimum absolute atomic E-state index is 0.788. The first-order valence-corrected chi connectivity index (χ1v) is 5.14. The average Bonchev–Trinajstić information content (AvgIpc) is 2.43. The van der Waals surface area contributed by atoms with Gasteiger partial charge in [0.1, 0.15) is 0 Å². The maximum absolute atomic E-state index is 5.17. The summed E-state index contributed by atoms with van der Waals surface area (Å²) in [5, 5.41) is 0.919. The standard InChI is InChI=1S/C9H9BrOS/c1-3-4-5-7-6-8(10)9(11-2)12-7/h1,6H,4-5H2,2H3. The summed E-state index contributed by atoms with van der Waals surface area (Å²) < 4.78 is 6.14. The molecule has 0 aliphatic heterocycles. The molecule has 0 spiro atoms. The van der Waals surface area contributed by atoms with Gasteiger partial charge in [0.05, 0.1) is 11.6 Å². The number of ether oxygens (including phenoxy) is 1. The molecule has 0 radical (unpaired) electrons. The Morgan fingerprint density at radius 1 is 1.75 bits per heavy atom. The maximum atomic E-state index is 5.17. The van der Waals surface area contributed by atoms with Gasteiger partial charge in [0.25, 0.3) is 0 Å². The molecule has 1 aromatic rings. The Kier molecular flexibility index (Phi) is 3.64. The van der Waals surface area contributed by atoms with E-state index in [1.807, 2.05) is 0 Å². The zero-order valence-corrected chi connectivity index (χ0v) is 9.17. The summed E-state index contributed by atoms with van der Waals surface area (Å²) in [6, 6.07) is 2.06. The molecule has 1 heterocycles. The third kappa shape index (κ3) is 2.26. The van der Waals surface area contributed by atoms with Gasteiger partial charge in [-0.25, -0.2) is 0 Å². The minimum Gasteiger partial charge on any atom is -0.486 e. The van der Waals surface area contributed by atoms with Gasteiger partial charge in [0.2, 0.25) is 0 Å². The Bertz CT molecular complexity index is 298. The number of terminal acetylenes is 1. The van der Waals surface area contributed by atoms with E-state index >= 15 is 0 Å². The predicted molar refractivity (Wildman–Crippen MR) is 55.7 cm³/mol. The molecule has 0 bridgehead atoms. The third-order valence-corrected chi connectivity index (χ3v) is 3.42. The molecular weight excluding hydrogens is 236 g/mol. The van der Waals surface area contributed by atoms with Crippen molar-refractivity contribution >= 4 is 27.3 Å². The lowest BCUT2D eigenvalue weighted by molar-refractivity contribution is 0.425. The number of methoxy groups -OCH3 is 1. The monoisotopic (exact) mass is 244 g/mol. The van der Waals surface area contributed by atoms with Crippen LogP contribution in [0.15, 0.2) is 10.5 Å². The number of halogens is 1. The van der Waals surface area contributed by atoms with Gasteiger partial charge in [-0.05, 0) is 28.4 Å². The molecule has 0 saturated carbocycles. The van der Waals surface area contributed by atoms with Gasteiger partial charge in [-0.15, -0.1) is 23.7 Å². The van der Waals surface area contributed by atoms with Crippen molar-refractivity contribution in [1.82, 2.24) is 0 Å². The van der Waals surface area contributed by atoms with Crippen LogP contribution in [0, 0.1) is 12.3 Å². The largest absolute Gasteiger partial charge is 0.486 e. The zero-order valence-electron chi connectivity index (χ0n) is 6.76. The summed E-state index contributed by atoms with van der Waals surface area (Å²) in [4.78, 5) is 1.26. The first kappa shape index (κ1) is 9.63. The van der Waals surface area contributed by atoms with Crippen LogP contribution in [0.2, 0.25) is 0 Å². The molecule has 0 unspecified atom stereocenters. The lowest BCUT2D eigenvalue weighted by Gasteiger charge is -1.91. The molecule has 0 aliphatic carbocycles. The normalized spacial score (nSPS) is 9.42. The molecule has 0 saturated heterocycles. The van der Waals surface area contributed by atoms with Crippen molar-refractivity contribution in [3.8, 4) is 17.4 Å².